The van der Waals surface area contributed by atoms with Gasteiger partial charge in [-0.3, -0.25) is 19.2 Å². The van der Waals surface area contributed by atoms with Gasteiger partial charge < -0.3 is 25.2 Å². The van der Waals surface area contributed by atoms with E-state index < -0.39 is 5.97 Å². The van der Waals surface area contributed by atoms with Crippen molar-refractivity contribution in [3.8, 4) is 0 Å². The van der Waals surface area contributed by atoms with Gasteiger partial charge in [0.2, 0.25) is 11.8 Å². The molecule has 0 saturated heterocycles. The summed E-state index contributed by atoms with van der Waals surface area (Å²) in [6.07, 6.45) is 18.1. The lowest BCUT2D eigenvalue weighted by molar-refractivity contribution is -0.137. The zero-order valence-electron chi connectivity index (χ0n) is 22.9. The van der Waals surface area contributed by atoms with E-state index in [1.165, 1.54) is 44.9 Å². The monoisotopic (exact) mass is 527 g/mol. The van der Waals surface area contributed by atoms with Crippen LogP contribution < -0.4 is 10.6 Å². The first-order valence-electron chi connectivity index (χ1n) is 14.3. The third-order valence-corrected chi connectivity index (χ3v) is 5.95. The first kappa shape index (κ1) is 35.0. The van der Waals surface area contributed by atoms with Gasteiger partial charge in [-0.25, -0.2) is 0 Å². The van der Waals surface area contributed by atoms with Crippen LogP contribution in [0.5, 0.6) is 0 Å². The van der Waals surface area contributed by atoms with Crippen LogP contribution in [0.15, 0.2) is 0 Å². The van der Waals surface area contributed by atoms with Crippen LogP contribution in [0.4, 0.5) is 0 Å². The van der Waals surface area contributed by atoms with Crippen LogP contribution in [0.3, 0.4) is 0 Å². The number of carboxylic acids is 1. The molecule has 0 spiro atoms. The van der Waals surface area contributed by atoms with Crippen LogP contribution in [0.25, 0.3) is 0 Å². The molecule has 9 heteroatoms. The molecule has 9 nitrogen and oxygen atoms in total. The number of hydrogen-bond donors (Lipinski definition) is 3. The van der Waals surface area contributed by atoms with Crippen LogP contribution in [0, 0.1) is 0 Å². The van der Waals surface area contributed by atoms with Gasteiger partial charge in [0, 0.05) is 52.0 Å². The second-order valence-corrected chi connectivity index (χ2v) is 9.41. The van der Waals surface area contributed by atoms with Gasteiger partial charge in [0.05, 0.1) is 13.2 Å². The molecule has 215 valence electrons. The number of nitrogens with one attached hydrogen (secondary N) is 2. The molecular formula is C28H51N2O7. The second kappa shape index (κ2) is 28.6. The molecule has 0 saturated carbocycles. The van der Waals surface area contributed by atoms with Gasteiger partial charge in [-0.2, -0.15) is 0 Å². The highest BCUT2D eigenvalue weighted by Gasteiger charge is 2.02. The fourth-order valence-corrected chi connectivity index (χ4v) is 3.80. The van der Waals surface area contributed by atoms with Gasteiger partial charge in [-0.15, -0.1) is 0 Å². The van der Waals surface area contributed by atoms with Crippen molar-refractivity contribution in [3.63, 3.8) is 0 Å². The molecule has 0 unspecified atom stereocenters. The average molecular weight is 528 g/mol. The molecule has 3 N–H and O–H groups in total. The van der Waals surface area contributed by atoms with Gasteiger partial charge in [0.1, 0.15) is 0 Å². The third kappa shape index (κ3) is 30.1. The first-order chi connectivity index (χ1) is 18.1. The van der Waals surface area contributed by atoms with E-state index >= 15 is 0 Å². The molecule has 2 amide bonds. The van der Waals surface area contributed by atoms with E-state index in [0.717, 1.165) is 38.5 Å². The molecule has 0 aliphatic carbocycles. The van der Waals surface area contributed by atoms with Gasteiger partial charge in [-0.05, 0) is 25.7 Å². The van der Waals surface area contributed by atoms with E-state index in [0.29, 0.717) is 58.8 Å². The Bertz CT molecular complexity index is 573. The van der Waals surface area contributed by atoms with Crippen molar-refractivity contribution in [3.05, 3.63) is 0 Å². The molecule has 1 radical (unpaired) electrons. The Balaban J connectivity index is 3.21. The number of carboxylic acid groups (broad SMARTS) is 1. The third-order valence-electron chi connectivity index (χ3n) is 5.95. The molecule has 0 aromatic heterocycles. The van der Waals surface area contributed by atoms with E-state index in [4.69, 9.17) is 14.6 Å². The van der Waals surface area contributed by atoms with Crippen molar-refractivity contribution < 1.29 is 33.8 Å². The predicted molar refractivity (Wildman–Crippen MR) is 144 cm³/mol. The number of unbranched alkanes of at least 4 members (excludes halogenated alkanes) is 11. The Hall–Kier alpha value is -2.00. The van der Waals surface area contributed by atoms with Crippen molar-refractivity contribution in [1.82, 2.24) is 10.6 Å². The molecular weight excluding hydrogens is 476 g/mol. The smallest absolute Gasteiger partial charge is 0.303 e. The zero-order valence-corrected chi connectivity index (χ0v) is 22.9. The van der Waals surface area contributed by atoms with E-state index in [9.17, 15) is 19.2 Å². The maximum Gasteiger partial charge on any atom is 0.303 e. The number of hydrogen-bond acceptors (Lipinski definition) is 6. The van der Waals surface area contributed by atoms with Crippen molar-refractivity contribution in [1.29, 1.82) is 0 Å². The highest BCUT2D eigenvalue weighted by molar-refractivity contribution is 5.78. The number of amides is 2. The maximum atomic E-state index is 11.9. The zero-order chi connectivity index (χ0) is 27.2. The Morgan fingerprint density at radius 3 is 1.38 bits per heavy atom. The average Bonchev–Trinajstić information content (AvgIpc) is 2.88. The Morgan fingerprint density at radius 2 is 0.946 bits per heavy atom. The number of aliphatic carboxylic acids is 1. The highest BCUT2D eigenvalue weighted by atomic mass is 16.5. The maximum absolute atomic E-state index is 11.9. The van der Waals surface area contributed by atoms with Gasteiger partial charge in [-0.1, -0.05) is 64.2 Å². The summed E-state index contributed by atoms with van der Waals surface area (Å²) in [4.78, 5) is 43.7. The Kier molecular flexibility index (Phi) is 27.0. The Labute approximate surface area is 223 Å². The number of ether oxygens (including phenoxy) is 2. The van der Waals surface area contributed by atoms with E-state index in [1.807, 2.05) is 0 Å². The van der Waals surface area contributed by atoms with Crippen LogP contribution in [0.2, 0.25) is 0 Å². The molecule has 0 aromatic rings. The molecule has 0 rings (SSSR count). The normalized spacial score (nSPS) is 10.8. The lowest BCUT2D eigenvalue weighted by Gasteiger charge is -2.08. The lowest BCUT2D eigenvalue weighted by Crippen LogP contribution is -2.25. The van der Waals surface area contributed by atoms with Crippen LogP contribution in [-0.4, -0.2) is 68.7 Å². The fraction of sp³-hybridized carbons (Fsp3) is 0.857. The largest absolute Gasteiger partial charge is 0.481 e. The summed E-state index contributed by atoms with van der Waals surface area (Å²) in [6.45, 7) is 3.27. The number of carbonyl (C=O) groups is 3. The van der Waals surface area contributed by atoms with Crippen LogP contribution >= 0.6 is 0 Å². The van der Waals surface area contributed by atoms with Gasteiger partial charge >= 0.3 is 5.97 Å². The van der Waals surface area contributed by atoms with Crippen molar-refractivity contribution >= 4 is 24.1 Å². The molecule has 37 heavy (non-hydrogen) atoms. The summed E-state index contributed by atoms with van der Waals surface area (Å²) in [5, 5.41) is 14.3. The minimum absolute atomic E-state index is 0.114. The van der Waals surface area contributed by atoms with Gasteiger partial charge in [0.15, 0.2) is 6.29 Å². The van der Waals surface area contributed by atoms with Crippen molar-refractivity contribution in [2.45, 2.75) is 116 Å². The molecule has 0 fully saturated rings. The summed E-state index contributed by atoms with van der Waals surface area (Å²) in [6, 6.07) is 0. The SMILES string of the molecule is O=[C]CCC(=O)NCCCOCCOCCCNC(=O)CCCCCCCCCCCCCCC(=O)O. The lowest BCUT2D eigenvalue weighted by atomic mass is 10.0. The summed E-state index contributed by atoms with van der Waals surface area (Å²) in [5.41, 5.74) is 0. The predicted octanol–water partition coefficient (Wildman–Crippen LogP) is 4.47. The molecule has 0 aliphatic heterocycles. The second-order valence-electron chi connectivity index (χ2n) is 9.41. The number of rotatable bonds is 29. The van der Waals surface area contributed by atoms with Crippen molar-refractivity contribution in [2.75, 3.05) is 39.5 Å². The Morgan fingerprint density at radius 1 is 0.541 bits per heavy atom. The minimum atomic E-state index is -0.691. The molecule has 0 atom stereocenters. The molecule has 0 aliphatic rings. The van der Waals surface area contributed by atoms with Crippen molar-refractivity contribution in [2.24, 2.45) is 0 Å². The van der Waals surface area contributed by atoms with E-state index in [-0.39, 0.29) is 24.7 Å². The minimum Gasteiger partial charge on any atom is -0.481 e. The van der Waals surface area contributed by atoms with Crippen LogP contribution in [-0.2, 0) is 28.7 Å². The topological polar surface area (TPSA) is 131 Å². The molecule has 0 aromatic carbocycles. The molecule has 0 bridgehead atoms. The summed E-state index contributed by atoms with van der Waals surface area (Å²) in [7, 11) is 0. The highest BCUT2D eigenvalue weighted by Crippen LogP contribution is 2.13. The van der Waals surface area contributed by atoms with Crippen LogP contribution in [0.1, 0.15) is 116 Å². The summed E-state index contributed by atoms with van der Waals surface area (Å²) in [5.74, 6) is -0.719. The first-order valence-corrected chi connectivity index (χ1v) is 14.3. The summed E-state index contributed by atoms with van der Waals surface area (Å²) >= 11 is 0. The van der Waals surface area contributed by atoms with E-state index in [2.05, 4.69) is 10.6 Å². The van der Waals surface area contributed by atoms with E-state index in [1.54, 1.807) is 6.29 Å². The quantitative estimate of drug-likeness (QED) is 0.122. The van der Waals surface area contributed by atoms with Gasteiger partial charge in [0.25, 0.3) is 0 Å². The standard InChI is InChI=1S/C28H51N2O7/c31-21-13-17-27(33)30-20-15-23-37-25-24-36-22-14-19-29-26(32)16-11-9-7-5-3-1-2-4-6-8-10-12-18-28(34)35/h1-20,22-25H2,(H,29,32)(H,30,33)(H,34,35). The fourth-order valence-electron chi connectivity index (χ4n) is 3.80. The molecule has 0 heterocycles. The summed E-state index contributed by atoms with van der Waals surface area (Å²) < 4.78 is 10.9. The number of carbonyl (C=O) groups excluding carboxylic acids is 3.